The van der Waals surface area contributed by atoms with Crippen molar-refractivity contribution in [1.29, 1.82) is 0 Å². The van der Waals surface area contributed by atoms with Crippen LogP contribution in [0.4, 0.5) is 0 Å². The van der Waals surface area contributed by atoms with Crippen molar-refractivity contribution in [2.45, 2.75) is 32.7 Å². The van der Waals surface area contributed by atoms with Crippen LogP contribution in [0.5, 0.6) is 11.5 Å². The summed E-state index contributed by atoms with van der Waals surface area (Å²) < 4.78 is 11.2. The second kappa shape index (κ2) is 11.0. The maximum Gasteiger partial charge on any atom is 0.244 e. The highest BCUT2D eigenvalue weighted by molar-refractivity contribution is 5.91. The number of hydrogen-bond acceptors (Lipinski definition) is 3. The van der Waals surface area contributed by atoms with Crippen LogP contribution in [-0.4, -0.2) is 19.6 Å². The number of rotatable bonds is 10. The maximum absolute atomic E-state index is 12.0. The van der Waals surface area contributed by atoms with Gasteiger partial charge in [0.25, 0.3) is 0 Å². The van der Waals surface area contributed by atoms with Crippen molar-refractivity contribution in [3.05, 3.63) is 65.7 Å². The van der Waals surface area contributed by atoms with Crippen molar-refractivity contribution in [1.82, 2.24) is 5.32 Å². The first kappa shape index (κ1) is 19.6. The number of carbonyl (C=O) groups excluding carboxylic acids is 1. The molecule has 0 unspecified atom stereocenters. The third kappa shape index (κ3) is 6.63. The summed E-state index contributed by atoms with van der Waals surface area (Å²) in [5.74, 6) is 1.27. The minimum atomic E-state index is -0.132. The lowest BCUT2D eigenvalue weighted by Gasteiger charge is -2.11. The second-order valence-corrected chi connectivity index (χ2v) is 6.00. The number of carbonyl (C=O) groups is 1. The van der Waals surface area contributed by atoms with E-state index >= 15 is 0 Å². The van der Waals surface area contributed by atoms with E-state index in [0.29, 0.717) is 18.9 Å². The van der Waals surface area contributed by atoms with Crippen LogP contribution in [0.25, 0.3) is 6.08 Å². The van der Waals surface area contributed by atoms with E-state index < -0.39 is 0 Å². The molecule has 4 heteroatoms. The summed E-state index contributed by atoms with van der Waals surface area (Å²) in [5.41, 5.74) is 1.96. The molecule has 26 heavy (non-hydrogen) atoms. The summed E-state index contributed by atoms with van der Waals surface area (Å²) >= 11 is 0. The number of nitrogens with one attached hydrogen (secondary N) is 1. The standard InChI is InChI=1S/C22H27NO3/c1-3-4-8-15-26-20-13-11-18(16-21(20)25-2)12-14-22(24)23-17-19-9-6-5-7-10-19/h5-7,9-14,16H,3-4,8,15,17H2,1-2H3,(H,23,24). The summed E-state index contributed by atoms with van der Waals surface area (Å²) in [6.07, 6.45) is 6.64. The fraction of sp³-hybridized carbons (Fsp3) is 0.318. The van der Waals surface area contributed by atoms with Gasteiger partial charge in [-0.25, -0.2) is 0 Å². The van der Waals surface area contributed by atoms with Crippen LogP contribution in [0, 0.1) is 0 Å². The smallest absolute Gasteiger partial charge is 0.244 e. The van der Waals surface area contributed by atoms with Gasteiger partial charge in [-0.2, -0.15) is 0 Å². The van der Waals surface area contributed by atoms with Gasteiger partial charge in [0.05, 0.1) is 13.7 Å². The molecule has 0 heterocycles. The molecule has 0 bridgehead atoms. The molecule has 0 aliphatic carbocycles. The van der Waals surface area contributed by atoms with Crippen molar-refractivity contribution in [3.8, 4) is 11.5 Å². The Labute approximate surface area is 155 Å². The first-order valence-corrected chi connectivity index (χ1v) is 9.03. The fourth-order valence-electron chi connectivity index (χ4n) is 2.46. The Morgan fingerprint density at radius 2 is 1.88 bits per heavy atom. The average Bonchev–Trinajstić information content (AvgIpc) is 2.69. The molecule has 0 aliphatic heterocycles. The molecule has 0 fully saturated rings. The van der Waals surface area contributed by atoms with E-state index in [9.17, 15) is 4.79 Å². The van der Waals surface area contributed by atoms with Crippen molar-refractivity contribution in [2.24, 2.45) is 0 Å². The van der Waals surface area contributed by atoms with Crippen LogP contribution in [0.15, 0.2) is 54.6 Å². The predicted octanol–water partition coefficient (Wildman–Crippen LogP) is 4.59. The van der Waals surface area contributed by atoms with Gasteiger partial charge in [-0.3, -0.25) is 4.79 Å². The lowest BCUT2D eigenvalue weighted by molar-refractivity contribution is -0.116. The zero-order valence-corrected chi connectivity index (χ0v) is 15.5. The van der Waals surface area contributed by atoms with E-state index in [1.807, 2.05) is 48.5 Å². The molecule has 0 aliphatic rings. The van der Waals surface area contributed by atoms with Gasteiger partial charge in [-0.1, -0.05) is 56.2 Å². The first-order valence-electron chi connectivity index (χ1n) is 9.03. The zero-order chi connectivity index (χ0) is 18.6. The topological polar surface area (TPSA) is 47.6 Å². The van der Waals surface area contributed by atoms with E-state index in [1.54, 1.807) is 13.2 Å². The van der Waals surface area contributed by atoms with Crippen LogP contribution in [0.2, 0.25) is 0 Å². The molecule has 2 rings (SSSR count). The van der Waals surface area contributed by atoms with Gasteiger partial charge in [0.2, 0.25) is 5.91 Å². The summed E-state index contributed by atoms with van der Waals surface area (Å²) in [5, 5.41) is 2.87. The van der Waals surface area contributed by atoms with Crippen LogP contribution < -0.4 is 14.8 Å². The predicted molar refractivity (Wildman–Crippen MR) is 105 cm³/mol. The molecule has 0 spiro atoms. The van der Waals surface area contributed by atoms with Gasteiger partial charge in [0.15, 0.2) is 11.5 Å². The molecule has 0 saturated heterocycles. The van der Waals surface area contributed by atoms with Gasteiger partial charge in [0.1, 0.15) is 0 Å². The van der Waals surface area contributed by atoms with Crippen molar-refractivity contribution in [3.63, 3.8) is 0 Å². The average molecular weight is 353 g/mol. The van der Waals surface area contributed by atoms with Crippen LogP contribution in [-0.2, 0) is 11.3 Å². The summed E-state index contributed by atoms with van der Waals surface area (Å²) in [7, 11) is 1.62. The molecule has 0 aromatic heterocycles. The Balaban J connectivity index is 1.89. The van der Waals surface area contributed by atoms with E-state index in [2.05, 4.69) is 12.2 Å². The molecule has 1 amide bonds. The first-order chi connectivity index (χ1) is 12.7. The molecule has 0 saturated carbocycles. The van der Waals surface area contributed by atoms with E-state index in [1.165, 1.54) is 6.08 Å². The lowest BCUT2D eigenvalue weighted by Crippen LogP contribution is -2.20. The number of methoxy groups -OCH3 is 1. The van der Waals surface area contributed by atoms with Crippen molar-refractivity contribution >= 4 is 12.0 Å². The second-order valence-electron chi connectivity index (χ2n) is 6.00. The Hall–Kier alpha value is -2.75. The molecular weight excluding hydrogens is 326 g/mol. The van der Waals surface area contributed by atoms with Gasteiger partial charge in [-0.05, 0) is 35.8 Å². The number of amides is 1. The summed E-state index contributed by atoms with van der Waals surface area (Å²) in [6.45, 7) is 3.36. The highest BCUT2D eigenvalue weighted by Gasteiger charge is 2.05. The maximum atomic E-state index is 12.0. The highest BCUT2D eigenvalue weighted by atomic mass is 16.5. The highest BCUT2D eigenvalue weighted by Crippen LogP contribution is 2.28. The Bertz CT molecular complexity index is 711. The monoisotopic (exact) mass is 353 g/mol. The third-order valence-corrected chi connectivity index (χ3v) is 3.93. The van der Waals surface area contributed by atoms with Crippen LogP contribution >= 0.6 is 0 Å². The minimum absolute atomic E-state index is 0.132. The molecule has 2 aromatic rings. The molecular formula is C22H27NO3. The van der Waals surface area contributed by atoms with Crippen LogP contribution in [0.1, 0.15) is 37.3 Å². The number of ether oxygens (including phenoxy) is 2. The Morgan fingerprint density at radius 3 is 2.62 bits per heavy atom. The van der Waals surface area contributed by atoms with Crippen molar-refractivity contribution in [2.75, 3.05) is 13.7 Å². The molecule has 2 aromatic carbocycles. The van der Waals surface area contributed by atoms with Gasteiger partial charge in [0, 0.05) is 12.6 Å². The summed E-state index contributed by atoms with van der Waals surface area (Å²) in [4.78, 5) is 12.0. The Morgan fingerprint density at radius 1 is 1.08 bits per heavy atom. The number of unbranched alkanes of at least 4 members (excludes halogenated alkanes) is 2. The van der Waals surface area contributed by atoms with Crippen LogP contribution in [0.3, 0.4) is 0 Å². The summed E-state index contributed by atoms with van der Waals surface area (Å²) in [6, 6.07) is 15.5. The quantitative estimate of drug-likeness (QED) is 0.502. The molecule has 0 radical (unpaired) electrons. The lowest BCUT2D eigenvalue weighted by atomic mass is 10.2. The fourth-order valence-corrected chi connectivity index (χ4v) is 2.46. The normalized spacial score (nSPS) is 10.7. The molecule has 4 nitrogen and oxygen atoms in total. The third-order valence-electron chi connectivity index (χ3n) is 3.93. The molecule has 138 valence electrons. The van der Waals surface area contributed by atoms with Gasteiger partial charge < -0.3 is 14.8 Å². The van der Waals surface area contributed by atoms with E-state index in [0.717, 1.165) is 36.1 Å². The van der Waals surface area contributed by atoms with E-state index in [-0.39, 0.29) is 5.91 Å². The number of benzene rings is 2. The van der Waals surface area contributed by atoms with E-state index in [4.69, 9.17) is 9.47 Å². The van der Waals surface area contributed by atoms with Crippen molar-refractivity contribution < 1.29 is 14.3 Å². The van der Waals surface area contributed by atoms with Gasteiger partial charge in [-0.15, -0.1) is 0 Å². The van der Waals surface area contributed by atoms with Gasteiger partial charge >= 0.3 is 0 Å². The molecule has 0 atom stereocenters. The number of hydrogen-bond donors (Lipinski definition) is 1. The largest absolute Gasteiger partial charge is 0.493 e. The molecule has 1 N–H and O–H groups in total. The zero-order valence-electron chi connectivity index (χ0n) is 15.5. The SMILES string of the molecule is CCCCCOc1ccc(C=CC(=O)NCc2ccccc2)cc1OC. The minimum Gasteiger partial charge on any atom is -0.493 e. The Kier molecular flexibility index (Phi) is 8.27.